The fraction of sp³-hybridized carbons (Fsp3) is 0.375. The molecule has 2 aromatic rings. The molecule has 104 valence electrons. The monoisotopic (exact) mass is 268 g/mol. The van der Waals surface area contributed by atoms with E-state index in [4.69, 9.17) is 0 Å². The van der Waals surface area contributed by atoms with Crippen LogP contribution in [-0.2, 0) is 0 Å². The predicted molar refractivity (Wildman–Crippen MR) is 81.8 cm³/mol. The van der Waals surface area contributed by atoms with Gasteiger partial charge in [-0.1, -0.05) is 0 Å². The zero-order chi connectivity index (χ0) is 13.8. The normalized spacial score (nSPS) is 16.9. The number of hydrogen-bond acceptors (Lipinski definition) is 4. The van der Waals surface area contributed by atoms with Crippen molar-refractivity contribution in [1.29, 1.82) is 0 Å². The quantitative estimate of drug-likeness (QED) is 0.836. The van der Waals surface area contributed by atoms with Crippen LogP contribution < -0.4 is 4.90 Å². The molecule has 3 rings (SSSR count). The summed E-state index contributed by atoms with van der Waals surface area (Å²) in [6.07, 6.45) is 8.74. The lowest BCUT2D eigenvalue weighted by molar-refractivity contribution is 0.360. The fourth-order valence-corrected chi connectivity index (χ4v) is 2.61. The second kappa shape index (κ2) is 6.01. The Morgan fingerprint density at radius 2 is 1.75 bits per heavy atom. The average molecular weight is 268 g/mol. The Labute approximate surface area is 120 Å². The number of nitrogens with zero attached hydrogens (tertiary/aromatic N) is 4. The second-order valence-electron chi connectivity index (χ2n) is 5.31. The van der Waals surface area contributed by atoms with Crippen LogP contribution in [0.5, 0.6) is 0 Å². The van der Waals surface area contributed by atoms with Crippen LogP contribution in [0.4, 0.5) is 5.69 Å². The van der Waals surface area contributed by atoms with Crippen molar-refractivity contribution in [2.24, 2.45) is 0 Å². The summed E-state index contributed by atoms with van der Waals surface area (Å²) in [4.78, 5) is 13.3. The molecule has 0 radical (unpaired) electrons. The first kappa shape index (κ1) is 13.1. The molecule has 0 aromatic carbocycles. The molecule has 1 fully saturated rings. The highest BCUT2D eigenvalue weighted by atomic mass is 15.2. The first-order valence-corrected chi connectivity index (χ1v) is 7.12. The molecule has 4 nitrogen and oxygen atoms in total. The Hall–Kier alpha value is -1.94. The van der Waals surface area contributed by atoms with Crippen molar-refractivity contribution in [3.05, 3.63) is 43.0 Å². The zero-order valence-electron chi connectivity index (χ0n) is 11.9. The Bertz CT molecular complexity index is 555. The van der Waals surface area contributed by atoms with Crippen LogP contribution in [-0.4, -0.2) is 48.1 Å². The van der Waals surface area contributed by atoms with E-state index in [0.717, 1.165) is 25.2 Å². The summed E-state index contributed by atoms with van der Waals surface area (Å²) in [6.45, 7) is 4.46. The van der Waals surface area contributed by atoms with Gasteiger partial charge in [0.15, 0.2) is 0 Å². The number of aromatic nitrogens is 2. The average Bonchev–Trinajstić information content (AvgIpc) is 2.73. The summed E-state index contributed by atoms with van der Waals surface area (Å²) in [5, 5.41) is 0. The van der Waals surface area contributed by atoms with Gasteiger partial charge in [0, 0.05) is 43.8 Å². The molecule has 3 heterocycles. The molecule has 20 heavy (non-hydrogen) atoms. The van der Waals surface area contributed by atoms with E-state index >= 15 is 0 Å². The molecule has 1 aliphatic heterocycles. The smallest absolute Gasteiger partial charge is 0.0559 e. The summed E-state index contributed by atoms with van der Waals surface area (Å²) in [6, 6.07) is 6.28. The van der Waals surface area contributed by atoms with Crippen LogP contribution in [0.25, 0.3) is 11.1 Å². The van der Waals surface area contributed by atoms with Crippen molar-refractivity contribution in [3.8, 4) is 11.1 Å². The largest absolute Gasteiger partial charge is 0.369 e. The molecule has 0 unspecified atom stereocenters. The lowest BCUT2D eigenvalue weighted by atomic mass is 10.1. The van der Waals surface area contributed by atoms with Crippen molar-refractivity contribution in [2.75, 3.05) is 38.1 Å². The molecule has 0 atom stereocenters. The summed E-state index contributed by atoms with van der Waals surface area (Å²) in [5.41, 5.74) is 3.54. The second-order valence-corrected chi connectivity index (χ2v) is 5.31. The van der Waals surface area contributed by atoms with Gasteiger partial charge in [0.05, 0.1) is 11.9 Å². The molecule has 0 bridgehead atoms. The van der Waals surface area contributed by atoms with Gasteiger partial charge in [-0.25, -0.2) is 0 Å². The van der Waals surface area contributed by atoms with Gasteiger partial charge in [-0.2, -0.15) is 0 Å². The number of anilines is 1. The van der Waals surface area contributed by atoms with Gasteiger partial charge in [0.2, 0.25) is 0 Å². The molecule has 1 aliphatic rings. The SMILES string of the molecule is CN1CCCN(c2cncc(-c3ccncc3)c2)CC1. The molecule has 0 N–H and O–H groups in total. The number of hydrogen-bond donors (Lipinski definition) is 0. The molecule has 2 aromatic heterocycles. The van der Waals surface area contributed by atoms with Gasteiger partial charge >= 0.3 is 0 Å². The molecule has 0 aliphatic carbocycles. The summed E-state index contributed by atoms with van der Waals surface area (Å²) < 4.78 is 0. The fourth-order valence-electron chi connectivity index (χ4n) is 2.61. The van der Waals surface area contributed by atoms with Crippen molar-refractivity contribution >= 4 is 5.69 Å². The van der Waals surface area contributed by atoms with Gasteiger partial charge < -0.3 is 9.80 Å². The van der Waals surface area contributed by atoms with Crippen molar-refractivity contribution in [3.63, 3.8) is 0 Å². The van der Waals surface area contributed by atoms with Crippen molar-refractivity contribution < 1.29 is 0 Å². The molecule has 4 heteroatoms. The molecular formula is C16H20N4. The van der Waals surface area contributed by atoms with E-state index in [1.807, 2.05) is 36.9 Å². The van der Waals surface area contributed by atoms with E-state index in [-0.39, 0.29) is 0 Å². The van der Waals surface area contributed by atoms with Gasteiger partial charge in [-0.05, 0) is 43.8 Å². The molecule has 1 saturated heterocycles. The van der Waals surface area contributed by atoms with Crippen LogP contribution in [0.1, 0.15) is 6.42 Å². The lowest BCUT2D eigenvalue weighted by Crippen LogP contribution is -2.28. The Kier molecular flexibility index (Phi) is 3.92. The summed E-state index contributed by atoms with van der Waals surface area (Å²) in [7, 11) is 2.19. The Balaban J connectivity index is 1.84. The van der Waals surface area contributed by atoms with Gasteiger partial charge in [0.25, 0.3) is 0 Å². The van der Waals surface area contributed by atoms with E-state index < -0.39 is 0 Å². The number of likely N-dealkylation sites (N-methyl/N-ethyl adjacent to an activating group) is 1. The van der Waals surface area contributed by atoms with Crippen molar-refractivity contribution in [2.45, 2.75) is 6.42 Å². The van der Waals surface area contributed by atoms with Gasteiger partial charge in [-0.15, -0.1) is 0 Å². The minimum Gasteiger partial charge on any atom is -0.369 e. The maximum atomic E-state index is 4.41. The first-order valence-electron chi connectivity index (χ1n) is 7.12. The van der Waals surface area contributed by atoms with E-state index in [9.17, 15) is 0 Å². The minimum atomic E-state index is 1.07. The van der Waals surface area contributed by atoms with E-state index in [0.29, 0.717) is 0 Å². The highest BCUT2D eigenvalue weighted by molar-refractivity contribution is 5.66. The highest BCUT2D eigenvalue weighted by Gasteiger charge is 2.13. The Morgan fingerprint density at radius 3 is 2.60 bits per heavy atom. The van der Waals surface area contributed by atoms with Crippen LogP contribution >= 0.6 is 0 Å². The predicted octanol–water partition coefficient (Wildman–Crippen LogP) is 2.29. The standard InChI is InChI=1S/C16H20N4/c1-19-7-2-8-20(10-9-19)16-11-15(12-18-13-16)14-3-5-17-6-4-14/h3-6,11-13H,2,7-10H2,1H3. The third kappa shape index (κ3) is 2.96. The van der Waals surface area contributed by atoms with E-state index in [2.05, 4.69) is 32.9 Å². The highest BCUT2D eigenvalue weighted by Crippen LogP contribution is 2.23. The van der Waals surface area contributed by atoms with Crippen LogP contribution in [0.2, 0.25) is 0 Å². The molecular weight excluding hydrogens is 248 g/mol. The number of pyridine rings is 2. The first-order chi connectivity index (χ1) is 9.83. The van der Waals surface area contributed by atoms with Crippen LogP contribution in [0.15, 0.2) is 43.0 Å². The van der Waals surface area contributed by atoms with Gasteiger partial charge in [0.1, 0.15) is 0 Å². The molecule has 0 saturated carbocycles. The van der Waals surface area contributed by atoms with E-state index in [1.165, 1.54) is 24.2 Å². The number of rotatable bonds is 2. The molecule has 0 amide bonds. The van der Waals surface area contributed by atoms with Crippen molar-refractivity contribution in [1.82, 2.24) is 14.9 Å². The summed E-state index contributed by atoms with van der Waals surface area (Å²) in [5.74, 6) is 0. The maximum Gasteiger partial charge on any atom is 0.0559 e. The summed E-state index contributed by atoms with van der Waals surface area (Å²) >= 11 is 0. The maximum absolute atomic E-state index is 4.41. The minimum absolute atomic E-state index is 1.07. The van der Waals surface area contributed by atoms with Crippen LogP contribution in [0.3, 0.4) is 0 Å². The van der Waals surface area contributed by atoms with Gasteiger partial charge in [-0.3, -0.25) is 9.97 Å². The third-order valence-electron chi connectivity index (χ3n) is 3.82. The topological polar surface area (TPSA) is 32.3 Å². The molecule has 0 spiro atoms. The third-order valence-corrected chi connectivity index (χ3v) is 3.82. The zero-order valence-corrected chi connectivity index (χ0v) is 11.9. The lowest BCUT2D eigenvalue weighted by Gasteiger charge is -2.22. The Morgan fingerprint density at radius 1 is 0.900 bits per heavy atom. The van der Waals surface area contributed by atoms with E-state index in [1.54, 1.807) is 0 Å². The van der Waals surface area contributed by atoms with Crippen LogP contribution in [0, 0.1) is 0 Å².